The lowest BCUT2D eigenvalue weighted by Gasteiger charge is -2.10. The first-order chi connectivity index (χ1) is 9.90. The molecule has 0 fully saturated rings. The van der Waals surface area contributed by atoms with Gasteiger partial charge < -0.3 is 11.1 Å². The van der Waals surface area contributed by atoms with Crippen molar-refractivity contribution in [2.24, 2.45) is 0 Å². The summed E-state index contributed by atoms with van der Waals surface area (Å²) in [6, 6.07) is 9.51. The number of hydrogen-bond acceptors (Lipinski definition) is 4. The number of benzene rings is 2. The molecule has 2 rings (SSSR count). The number of carbonyl (C=O) groups excluding carboxylic acids is 1. The Bertz CT molecular complexity index is 731. The van der Waals surface area contributed by atoms with Crippen LogP contribution in [-0.4, -0.2) is 10.8 Å². The van der Waals surface area contributed by atoms with Crippen molar-refractivity contribution in [3.05, 3.63) is 62.1 Å². The number of nitrogens with zero attached hydrogens (tertiary/aromatic N) is 1. The van der Waals surface area contributed by atoms with E-state index in [1.807, 2.05) is 0 Å². The minimum absolute atomic E-state index is 0.0606. The topological polar surface area (TPSA) is 98.3 Å². The molecule has 0 atom stereocenters. The van der Waals surface area contributed by atoms with Crippen molar-refractivity contribution in [2.45, 2.75) is 6.92 Å². The molecule has 0 aliphatic carbocycles. The highest BCUT2D eigenvalue weighted by Gasteiger charge is 2.17. The molecule has 0 saturated heterocycles. The van der Waals surface area contributed by atoms with E-state index in [0.29, 0.717) is 27.0 Å². The molecule has 0 bridgehead atoms. The van der Waals surface area contributed by atoms with Gasteiger partial charge in [0.2, 0.25) is 0 Å². The number of aryl methyl sites for hydroxylation is 1. The summed E-state index contributed by atoms with van der Waals surface area (Å²) in [5.74, 6) is -0.424. The van der Waals surface area contributed by atoms with E-state index in [2.05, 4.69) is 21.2 Å². The Morgan fingerprint density at radius 2 is 2.00 bits per heavy atom. The zero-order valence-corrected chi connectivity index (χ0v) is 12.7. The fourth-order valence-corrected chi connectivity index (χ4v) is 2.40. The molecule has 0 spiro atoms. The van der Waals surface area contributed by atoms with Gasteiger partial charge in [-0.15, -0.1) is 0 Å². The molecule has 0 unspecified atom stereocenters. The van der Waals surface area contributed by atoms with Crippen LogP contribution in [-0.2, 0) is 0 Å². The van der Waals surface area contributed by atoms with E-state index >= 15 is 0 Å². The number of carbonyl (C=O) groups is 1. The Balaban J connectivity index is 2.36. The summed E-state index contributed by atoms with van der Waals surface area (Å²) in [5, 5.41) is 13.6. The summed E-state index contributed by atoms with van der Waals surface area (Å²) in [4.78, 5) is 22.6. The minimum Gasteiger partial charge on any atom is -0.398 e. The van der Waals surface area contributed by atoms with Gasteiger partial charge in [0.15, 0.2) is 0 Å². The monoisotopic (exact) mass is 349 g/mol. The van der Waals surface area contributed by atoms with Gasteiger partial charge in [-0.2, -0.15) is 0 Å². The van der Waals surface area contributed by atoms with Crippen molar-refractivity contribution in [3.63, 3.8) is 0 Å². The van der Waals surface area contributed by atoms with Gasteiger partial charge in [0.1, 0.15) is 0 Å². The first-order valence-corrected chi connectivity index (χ1v) is 6.80. The lowest BCUT2D eigenvalue weighted by atomic mass is 10.1. The first kappa shape index (κ1) is 15.0. The molecule has 2 aromatic rings. The maximum atomic E-state index is 12.2. The number of amides is 1. The molecule has 0 aliphatic rings. The molecule has 2 aromatic carbocycles. The van der Waals surface area contributed by atoms with Crippen LogP contribution in [0.2, 0.25) is 0 Å². The summed E-state index contributed by atoms with van der Waals surface area (Å²) in [7, 11) is 0. The van der Waals surface area contributed by atoms with Gasteiger partial charge in [0.05, 0.1) is 16.2 Å². The van der Waals surface area contributed by atoms with Gasteiger partial charge in [-0.3, -0.25) is 14.9 Å². The second kappa shape index (κ2) is 5.92. The molecular formula is C14H12BrN3O3. The standard InChI is InChI=1S/C14H12BrN3O3/c1-8-6-10(15)12(7-13(8)18(20)21)17-14(19)9-4-2-3-5-11(9)16/h2-7H,16H2,1H3,(H,17,19). The van der Waals surface area contributed by atoms with Crippen LogP contribution in [0.5, 0.6) is 0 Å². The van der Waals surface area contributed by atoms with Crippen LogP contribution in [0.15, 0.2) is 40.9 Å². The average Bonchev–Trinajstić information content (AvgIpc) is 2.41. The zero-order valence-electron chi connectivity index (χ0n) is 11.1. The highest BCUT2D eigenvalue weighted by Crippen LogP contribution is 2.31. The number of nitro benzene ring substituents is 1. The quantitative estimate of drug-likeness (QED) is 0.503. The third-order valence-electron chi connectivity index (χ3n) is 2.94. The number of halogens is 1. The second-order valence-electron chi connectivity index (χ2n) is 4.42. The van der Waals surface area contributed by atoms with Gasteiger partial charge in [-0.05, 0) is 41.1 Å². The summed E-state index contributed by atoms with van der Waals surface area (Å²) in [6.07, 6.45) is 0. The smallest absolute Gasteiger partial charge is 0.274 e. The zero-order chi connectivity index (χ0) is 15.6. The van der Waals surface area contributed by atoms with Crippen molar-refractivity contribution >= 4 is 38.9 Å². The maximum absolute atomic E-state index is 12.2. The van der Waals surface area contributed by atoms with E-state index in [1.54, 1.807) is 37.3 Å². The molecule has 7 heteroatoms. The van der Waals surface area contributed by atoms with Gasteiger partial charge in [-0.25, -0.2) is 0 Å². The fourth-order valence-electron chi connectivity index (χ4n) is 1.85. The van der Waals surface area contributed by atoms with Gasteiger partial charge >= 0.3 is 0 Å². The van der Waals surface area contributed by atoms with E-state index in [4.69, 9.17) is 5.73 Å². The molecule has 3 N–H and O–H groups in total. The van der Waals surface area contributed by atoms with Crippen molar-refractivity contribution in [1.29, 1.82) is 0 Å². The van der Waals surface area contributed by atoms with E-state index in [1.165, 1.54) is 6.07 Å². The average molecular weight is 350 g/mol. The van der Waals surface area contributed by atoms with Crippen LogP contribution < -0.4 is 11.1 Å². The van der Waals surface area contributed by atoms with Crippen molar-refractivity contribution in [2.75, 3.05) is 11.1 Å². The van der Waals surface area contributed by atoms with E-state index in [-0.39, 0.29) is 5.69 Å². The second-order valence-corrected chi connectivity index (χ2v) is 5.27. The molecule has 0 aromatic heterocycles. The number of nitrogen functional groups attached to an aromatic ring is 1. The molecule has 0 saturated carbocycles. The van der Waals surface area contributed by atoms with Crippen molar-refractivity contribution in [3.8, 4) is 0 Å². The van der Waals surface area contributed by atoms with Crippen LogP contribution in [0.25, 0.3) is 0 Å². The highest BCUT2D eigenvalue weighted by molar-refractivity contribution is 9.10. The van der Waals surface area contributed by atoms with Crippen LogP contribution in [0.4, 0.5) is 17.1 Å². The molecule has 0 radical (unpaired) electrons. The number of nitro groups is 1. The molecule has 1 amide bonds. The Kier molecular flexibility index (Phi) is 4.23. The molecule has 21 heavy (non-hydrogen) atoms. The van der Waals surface area contributed by atoms with Crippen LogP contribution in [0.1, 0.15) is 15.9 Å². The Morgan fingerprint density at radius 1 is 1.33 bits per heavy atom. The summed E-state index contributed by atoms with van der Waals surface area (Å²) >= 11 is 3.28. The lowest BCUT2D eigenvalue weighted by molar-refractivity contribution is -0.385. The van der Waals surface area contributed by atoms with E-state index in [0.717, 1.165) is 0 Å². The molecule has 108 valence electrons. The molecule has 0 heterocycles. The Morgan fingerprint density at radius 3 is 2.62 bits per heavy atom. The third kappa shape index (κ3) is 3.19. The van der Waals surface area contributed by atoms with Gasteiger partial charge in [-0.1, -0.05) is 12.1 Å². The number of anilines is 2. The summed E-state index contributed by atoms with van der Waals surface area (Å²) in [6.45, 7) is 1.63. The number of nitrogens with one attached hydrogen (secondary N) is 1. The summed E-state index contributed by atoms with van der Waals surface area (Å²) in [5.41, 5.74) is 7.15. The van der Waals surface area contributed by atoms with Crippen LogP contribution in [0.3, 0.4) is 0 Å². The van der Waals surface area contributed by atoms with E-state index in [9.17, 15) is 14.9 Å². The minimum atomic E-state index is -0.492. The molecule has 0 aliphatic heterocycles. The predicted molar refractivity (Wildman–Crippen MR) is 84.3 cm³/mol. The largest absolute Gasteiger partial charge is 0.398 e. The van der Waals surface area contributed by atoms with Crippen molar-refractivity contribution in [1.82, 2.24) is 0 Å². The SMILES string of the molecule is Cc1cc(Br)c(NC(=O)c2ccccc2N)cc1[N+](=O)[O-]. The lowest BCUT2D eigenvalue weighted by Crippen LogP contribution is -2.14. The normalized spacial score (nSPS) is 10.2. The summed E-state index contributed by atoms with van der Waals surface area (Å²) < 4.78 is 0.563. The number of hydrogen-bond donors (Lipinski definition) is 2. The van der Waals surface area contributed by atoms with Crippen molar-refractivity contribution < 1.29 is 9.72 Å². The van der Waals surface area contributed by atoms with Gasteiger partial charge in [0, 0.05) is 21.8 Å². The van der Waals surface area contributed by atoms with Gasteiger partial charge in [0.25, 0.3) is 11.6 Å². The van der Waals surface area contributed by atoms with Crippen LogP contribution in [0, 0.1) is 17.0 Å². The van der Waals surface area contributed by atoms with Crippen LogP contribution >= 0.6 is 15.9 Å². The number of para-hydroxylation sites is 1. The molecule has 6 nitrogen and oxygen atoms in total. The van der Waals surface area contributed by atoms with E-state index < -0.39 is 10.8 Å². The number of nitrogens with two attached hydrogens (primary N) is 1. The highest BCUT2D eigenvalue weighted by atomic mass is 79.9. The Hall–Kier alpha value is -2.41. The fraction of sp³-hybridized carbons (Fsp3) is 0.0714. The Labute approximate surface area is 129 Å². The number of rotatable bonds is 3. The first-order valence-electron chi connectivity index (χ1n) is 6.00. The molecular weight excluding hydrogens is 338 g/mol. The predicted octanol–water partition coefficient (Wildman–Crippen LogP) is 3.50. The third-order valence-corrected chi connectivity index (χ3v) is 3.59. The maximum Gasteiger partial charge on any atom is 0.274 e.